The number of esters is 1. The van der Waals surface area contributed by atoms with Gasteiger partial charge in [0.05, 0.1) is 13.7 Å². The Morgan fingerprint density at radius 3 is 2.39 bits per heavy atom. The van der Waals surface area contributed by atoms with Crippen LogP contribution >= 0.6 is 11.3 Å². The molecule has 1 aromatic carbocycles. The number of rotatable bonds is 9. The topological polar surface area (TPSA) is 110 Å². The van der Waals surface area contributed by atoms with Crippen LogP contribution in [0.5, 0.6) is 5.75 Å². The molecule has 28 heavy (non-hydrogen) atoms. The van der Waals surface area contributed by atoms with E-state index in [4.69, 9.17) is 9.47 Å². The predicted molar refractivity (Wildman–Crippen MR) is 107 cm³/mol. The molecule has 0 spiro atoms. The Morgan fingerprint density at radius 2 is 1.79 bits per heavy atom. The van der Waals surface area contributed by atoms with Crippen LogP contribution in [0, 0.1) is 0 Å². The van der Waals surface area contributed by atoms with Gasteiger partial charge in [0, 0.05) is 18.0 Å². The summed E-state index contributed by atoms with van der Waals surface area (Å²) in [6.45, 7) is 2.16. The predicted octanol–water partition coefficient (Wildman–Crippen LogP) is 0.848. The summed E-state index contributed by atoms with van der Waals surface area (Å²) >= 11 is 1.25. The standard InChI is InChI=1S/C19H23N3O5S/c1-4-27-19(25)17-14(12-5-7-13(26-3)8-6-12)11-28-18(17)22-16(24)10-21-9-15(23)20-2/h5-8,11,21H,4,9-10H2,1-3H3,(H,20,23)(H,22,24)/p+1. The molecule has 150 valence electrons. The van der Waals surface area contributed by atoms with Crippen molar-refractivity contribution in [1.29, 1.82) is 0 Å². The normalized spacial score (nSPS) is 10.2. The van der Waals surface area contributed by atoms with Crippen LogP contribution < -0.4 is 20.7 Å². The molecule has 8 nitrogen and oxygen atoms in total. The maximum absolute atomic E-state index is 12.5. The summed E-state index contributed by atoms with van der Waals surface area (Å²) in [5.41, 5.74) is 1.80. The number of benzene rings is 1. The van der Waals surface area contributed by atoms with Gasteiger partial charge in [0.1, 0.15) is 16.3 Å². The molecule has 2 amide bonds. The van der Waals surface area contributed by atoms with Crippen LogP contribution in [0.1, 0.15) is 17.3 Å². The van der Waals surface area contributed by atoms with Crippen LogP contribution in [-0.4, -0.2) is 51.6 Å². The molecule has 0 radical (unpaired) electrons. The number of amides is 2. The Labute approximate surface area is 167 Å². The number of carbonyl (C=O) groups excluding carboxylic acids is 3. The van der Waals surface area contributed by atoms with Crippen LogP contribution in [0.4, 0.5) is 5.00 Å². The van der Waals surface area contributed by atoms with E-state index in [0.29, 0.717) is 21.9 Å². The van der Waals surface area contributed by atoms with Gasteiger partial charge in [0.15, 0.2) is 13.1 Å². The second-order valence-electron chi connectivity index (χ2n) is 5.72. The Kier molecular flexibility index (Phi) is 7.97. The van der Waals surface area contributed by atoms with Gasteiger partial charge in [0.25, 0.3) is 11.8 Å². The summed E-state index contributed by atoms with van der Waals surface area (Å²) in [4.78, 5) is 36.0. The van der Waals surface area contributed by atoms with Crippen LogP contribution in [0.2, 0.25) is 0 Å². The molecule has 0 unspecified atom stereocenters. The molecule has 0 fully saturated rings. The van der Waals surface area contributed by atoms with Crippen LogP contribution in [0.15, 0.2) is 29.6 Å². The monoisotopic (exact) mass is 406 g/mol. The van der Waals surface area contributed by atoms with Gasteiger partial charge in [-0.15, -0.1) is 11.3 Å². The van der Waals surface area contributed by atoms with E-state index < -0.39 is 5.97 Å². The molecule has 0 bridgehead atoms. The molecule has 0 aliphatic heterocycles. The van der Waals surface area contributed by atoms with Gasteiger partial charge in [-0.3, -0.25) is 9.59 Å². The zero-order chi connectivity index (χ0) is 20.5. The van der Waals surface area contributed by atoms with E-state index in [1.54, 1.807) is 36.9 Å². The van der Waals surface area contributed by atoms with E-state index in [1.165, 1.54) is 18.4 Å². The summed E-state index contributed by atoms with van der Waals surface area (Å²) in [7, 11) is 3.12. The first-order valence-electron chi connectivity index (χ1n) is 8.75. The Hall–Kier alpha value is -2.91. The lowest BCUT2D eigenvalue weighted by Gasteiger charge is -2.09. The molecule has 0 saturated heterocycles. The first kappa shape index (κ1) is 21.4. The number of quaternary nitrogens is 1. The summed E-state index contributed by atoms with van der Waals surface area (Å²) in [6.07, 6.45) is 0. The third kappa shape index (κ3) is 5.54. The van der Waals surface area contributed by atoms with Crippen LogP contribution in [0.25, 0.3) is 11.1 Å². The largest absolute Gasteiger partial charge is 0.497 e. The van der Waals surface area contributed by atoms with Crippen molar-refractivity contribution in [2.24, 2.45) is 0 Å². The molecular formula is C19H24N3O5S+. The van der Waals surface area contributed by atoms with Crippen molar-refractivity contribution < 1.29 is 29.2 Å². The first-order chi connectivity index (χ1) is 13.5. The summed E-state index contributed by atoms with van der Waals surface area (Å²) in [5.74, 6) is -0.272. The highest BCUT2D eigenvalue weighted by atomic mass is 32.1. The SMILES string of the molecule is CCOC(=O)c1c(-c2ccc(OC)cc2)csc1NC(=O)C[NH2+]CC(=O)NC. The molecule has 1 heterocycles. The van der Waals surface area contributed by atoms with E-state index >= 15 is 0 Å². The maximum atomic E-state index is 12.5. The van der Waals surface area contributed by atoms with Gasteiger partial charge in [-0.2, -0.15) is 0 Å². The minimum atomic E-state index is -0.501. The number of methoxy groups -OCH3 is 1. The molecule has 0 saturated carbocycles. The number of nitrogens with two attached hydrogens (primary N) is 1. The van der Waals surface area contributed by atoms with Crippen molar-refractivity contribution in [1.82, 2.24) is 5.32 Å². The van der Waals surface area contributed by atoms with E-state index in [-0.39, 0.29) is 31.5 Å². The number of hydrogen-bond donors (Lipinski definition) is 3. The fraction of sp³-hybridized carbons (Fsp3) is 0.316. The third-order valence-corrected chi connectivity index (χ3v) is 4.76. The first-order valence-corrected chi connectivity index (χ1v) is 9.63. The highest BCUT2D eigenvalue weighted by Gasteiger charge is 2.23. The number of ether oxygens (including phenoxy) is 2. The highest BCUT2D eigenvalue weighted by Crippen LogP contribution is 2.36. The molecule has 4 N–H and O–H groups in total. The van der Waals surface area contributed by atoms with Gasteiger partial charge in [-0.05, 0) is 24.6 Å². The van der Waals surface area contributed by atoms with Crippen molar-refractivity contribution in [2.45, 2.75) is 6.92 Å². The van der Waals surface area contributed by atoms with Crippen molar-refractivity contribution in [3.05, 3.63) is 35.2 Å². The minimum absolute atomic E-state index is 0.0610. The summed E-state index contributed by atoms with van der Waals surface area (Å²) < 4.78 is 10.3. The average molecular weight is 406 g/mol. The molecule has 2 rings (SSSR count). The van der Waals surface area contributed by atoms with Gasteiger partial charge in [0.2, 0.25) is 0 Å². The minimum Gasteiger partial charge on any atom is -0.497 e. The maximum Gasteiger partial charge on any atom is 0.341 e. The third-order valence-electron chi connectivity index (χ3n) is 3.86. The van der Waals surface area contributed by atoms with Crippen LogP contribution in [-0.2, 0) is 14.3 Å². The van der Waals surface area contributed by atoms with Gasteiger partial charge in [-0.1, -0.05) is 12.1 Å². The Morgan fingerprint density at radius 1 is 1.11 bits per heavy atom. The van der Waals surface area contributed by atoms with Gasteiger partial charge >= 0.3 is 5.97 Å². The van der Waals surface area contributed by atoms with E-state index in [1.807, 2.05) is 12.1 Å². The van der Waals surface area contributed by atoms with Gasteiger partial charge in [-0.25, -0.2) is 4.79 Å². The number of anilines is 1. The van der Waals surface area contributed by atoms with Crippen molar-refractivity contribution in [3.8, 4) is 16.9 Å². The fourth-order valence-electron chi connectivity index (χ4n) is 2.45. The lowest BCUT2D eigenvalue weighted by Crippen LogP contribution is -2.88. The van der Waals surface area contributed by atoms with E-state index in [0.717, 1.165) is 5.56 Å². The highest BCUT2D eigenvalue weighted by molar-refractivity contribution is 7.15. The van der Waals surface area contributed by atoms with E-state index in [2.05, 4.69) is 10.6 Å². The number of nitrogens with one attached hydrogen (secondary N) is 2. The summed E-state index contributed by atoms with van der Waals surface area (Å²) in [6, 6.07) is 7.28. The average Bonchev–Trinajstić information content (AvgIpc) is 3.11. The number of hydrogen-bond acceptors (Lipinski definition) is 6. The lowest BCUT2D eigenvalue weighted by atomic mass is 10.0. The molecular weight excluding hydrogens is 382 g/mol. The van der Waals surface area contributed by atoms with Crippen molar-refractivity contribution in [3.63, 3.8) is 0 Å². The van der Waals surface area contributed by atoms with E-state index in [9.17, 15) is 14.4 Å². The second kappa shape index (κ2) is 10.4. The lowest BCUT2D eigenvalue weighted by molar-refractivity contribution is -0.632. The Balaban J connectivity index is 2.21. The fourth-order valence-corrected chi connectivity index (χ4v) is 3.43. The van der Waals surface area contributed by atoms with Crippen LogP contribution in [0.3, 0.4) is 0 Å². The summed E-state index contributed by atoms with van der Waals surface area (Å²) in [5, 5.41) is 9.03. The number of carbonyl (C=O) groups is 3. The zero-order valence-electron chi connectivity index (χ0n) is 16.0. The molecule has 9 heteroatoms. The second-order valence-corrected chi connectivity index (χ2v) is 6.60. The molecule has 0 atom stereocenters. The molecule has 0 aliphatic rings. The number of likely N-dealkylation sites (N-methyl/N-ethyl adjacent to an activating group) is 1. The molecule has 0 aliphatic carbocycles. The quantitative estimate of drug-likeness (QED) is 0.535. The molecule has 2 aromatic rings. The zero-order valence-corrected chi connectivity index (χ0v) is 16.9. The molecule has 1 aromatic heterocycles. The smallest absolute Gasteiger partial charge is 0.341 e. The van der Waals surface area contributed by atoms with Gasteiger partial charge < -0.3 is 25.4 Å². The number of thiophene rings is 1. The Bertz CT molecular complexity index is 833. The van der Waals surface area contributed by atoms with Crippen molar-refractivity contribution in [2.75, 3.05) is 39.2 Å². The van der Waals surface area contributed by atoms with Crippen molar-refractivity contribution >= 4 is 34.1 Å².